The lowest BCUT2D eigenvalue weighted by atomic mass is 10.1. The molecule has 0 aromatic carbocycles. The Balaban J connectivity index is 1.97. The van der Waals surface area contributed by atoms with Gasteiger partial charge in [-0.25, -0.2) is 8.78 Å². The molecule has 0 aromatic rings. The lowest BCUT2D eigenvalue weighted by Crippen LogP contribution is -2.07. The van der Waals surface area contributed by atoms with Gasteiger partial charge < -0.3 is 4.74 Å². The fraction of sp³-hybridized carbons (Fsp3) is 1.00. The average molecular weight is 178 g/mol. The summed E-state index contributed by atoms with van der Waals surface area (Å²) in [5.41, 5.74) is 0. The first-order valence-corrected chi connectivity index (χ1v) is 4.47. The van der Waals surface area contributed by atoms with Crippen LogP contribution in [0.4, 0.5) is 8.78 Å². The van der Waals surface area contributed by atoms with Crippen molar-refractivity contribution >= 4 is 0 Å². The number of ether oxygens (including phenoxy) is 1. The number of hydrogen-bond donors (Lipinski definition) is 0. The third-order valence-electron chi connectivity index (χ3n) is 2.41. The lowest BCUT2D eigenvalue weighted by Gasteiger charge is -2.04. The summed E-state index contributed by atoms with van der Waals surface area (Å²) in [6, 6.07) is 0. The summed E-state index contributed by atoms with van der Waals surface area (Å²) in [4.78, 5) is 0. The minimum atomic E-state index is -2.32. The Labute approximate surface area is 72.1 Å². The van der Waals surface area contributed by atoms with Gasteiger partial charge >= 0.3 is 0 Å². The first kappa shape index (κ1) is 9.90. The van der Waals surface area contributed by atoms with E-state index >= 15 is 0 Å². The third-order valence-corrected chi connectivity index (χ3v) is 2.41. The molecule has 0 heterocycles. The molecule has 72 valence electrons. The molecule has 1 saturated carbocycles. The zero-order chi connectivity index (χ0) is 9.14. The van der Waals surface area contributed by atoms with Crippen LogP contribution in [-0.4, -0.2) is 19.6 Å². The van der Waals surface area contributed by atoms with Gasteiger partial charge in [0, 0.05) is 6.61 Å². The van der Waals surface area contributed by atoms with E-state index in [0.29, 0.717) is 24.4 Å². The van der Waals surface area contributed by atoms with Crippen LogP contribution in [0.1, 0.15) is 20.3 Å². The molecule has 2 unspecified atom stereocenters. The summed E-state index contributed by atoms with van der Waals surface area (Å²) >= 11 is 0. The Morgan fingerprint density at radius 2 is 2.08 bits per heavy atom. The molecular formula is C9H16F2O. The molecule has 1 aliphatic carbocycles. The highest BCUT2D eigenvalue weighted by atomic mass is 19.3. The fourth-order valence-electron chi connectivity index (χ4n) is 1.59. The Bertz CT molecular complexity index is 136. The van der Waals surface area contributed by atoms with Crippen LogP contribution >= 0.6 is 0 Å². The van der Waals surface area contributed by atoms with E-state index in [1.54, 1.807) is 0 Å². The van der Waals surface area contributed by atoms with Gasteiger partial charge in [-0.15, -0.1) is 0 Å². The Morgan fingerprint density at radius 1 is 1.42 bits per heavy atom. The fourth-order valence-corrected chi connectivity index (χ4v) is 1.59. The average Bonchev–Trinajstić information content (AvgIpc) is 2.66. The number of hydrogen-bond acceptors (Lipinski definition) is 1. The molecule has 0 spiro atoms. The maximum Gasteiger partial charge on any atom is 0.261 e. The van der Waals surface area contributed by atoms with Crippen molar-refractivity contribution in [3.63, 3.8) is 0 Å². The zero-order valence-corrected chi connectivity index (χ0v) is 7.59. The standard InChI is InChI=1S/C9H16F2O/c1-6(2)8-3-7(8)4-12-5-9(10)11/h6-9H,3-5H2,1-2H3. The van der Waals surface area contributed by atoms with E-state index in [1.807, 2.05) is 0 Å². The van der Waals surface area contributed by atoms with Crippen molar-refractivity contribution in [1.29, 1.82) is 0 Å². The quantitative estimate of drug-likeness (QED) is 0.628. The van der Waals surface area contributed by atoms with Crippen LogP contribution in [0, 0.1) is 17.8 Å². The molecule has 0 aliphatic heterocycles. The summed E-state index contributed by atoms with van der Waals surface area (Å²) in [5, 5.41) is 0. The lowest BCUT2D eigenvalue weighted by molar-refractivity contribution is 0.0117. The minimum absolute atomic E-state index is 0.401. The van der Waals surface area contributed by atoms with Crippen LogP contribution in [0.25, 0.3) is 0 Å². The second kappa shape index (κ2) is 4.17. The van der Waals surface area contributed by atoms with E-state index in [1.165, 1.54) is 0 Å². The van der Waals surface area contributed by atoms with Gasteiger partial charge in [-0.3, -0.25) is 0 Å². The predicted octanol–water partition coefficient (Wildman–Crippen LogP) is 2.56. The molecule has 2 atom stereocenters. The number of halogens is 2. The summed E-state index contributed by atoms with van der Waals surface area (Å²) in [6.07, 6.45) is -1.16. The van der Waals surface area contributed by atoms with Gasteiger partial charge in [-0.2, -0.15) is 0 Å². The molecule has 0 bridgehead atoms. The van der Waals surface area contributed by atoms with Gasteiger partial charge in [0.25, 0.3) is 6.43 Å². The van der Waals surface area contributed by atoms with Crippen molar-refractivity contribution in [2.75, 3.05) is 13.2 Å². The summed E-state index contributed by atoms with van der Waals surface area (Å²) in [6.45, 7) is 4.45. The van der Waals surface area contributed by atoms with Crippen LogP contribution in [0.2, 0.25) is 0 Å². The normalized spacial score (nSPS) is 28.5. The van der Waals surface area contributed by atoms with E-state index in [0.717, 1.165) is 6.42 Å². The van der Waals surface area contributed by atoms with Gasteiger partial charge in [-0.1, -0.05) is 13.8 Å². The van der Waals surface area contributed by atoms with Gasteiger partial charge in [0.1, 0.15) is 6.61 Å². The molecular weight excluding hydrogens is 162 g/mol. The van der Waals surface area contributed by atoms with Crippen LogP contribution in [0.5, 0.6) is 0 Å². The molecule has 1 fully saturated rings. The van der Waals surface area contributed by atoms with Crippen molar-refractivity contribution in [2.24, 2.45) is 17.8 Å². The monoisotopic (exact) mass is 178 g/mol. The van der Waals surface area contributed by atoms with Crippen LogP contribution in [-0.2, 0) is 4.74 Å². The van der Waals surface area contributed by atoms with Gasteiger partial charge in [0.15, 0.2) is 0 Å². The van der Waals surface area contributed by atoms with Crippen LogP contribution < -0.4 is 0 Å². The molecule has 0 aromatic heterocycles. The van der Waals surface area contributed by atoms with E-state index in [-0.39, 0.29) is 0 Å². The molecule has 1 rings (SSSR count). The van der Waals surface area contributed by atoms with E-state index < -0.39 is 13.0 Å². The SMILES string of the molecule is CC(C)C1CC1COCC(F)F. The predicted molar refractivity (Wildman–Crippen MR) is 43.3 cm³/mol. The first-order valence-electron chi connectivity index (χ1n) is 4.47. The third kappa shape index (κ3) is 3.05. The molecule has 1 nitrogen and oxygen atoms in total. The molecule has 12 heavy (non-hydrogen) atoms. The van der Waals surface area contributed by atoms with Crippen LogP contribution in [0.15, 0.2) is 0 Å². The minimum Gasteiger partial charge on any atom is -0.375 e. The van der Waals surface area contributed by atoms with Crippen molar-refractivity contribution in [3.8, 4) is 0 Å². The van der Waals surface area contributed by atoms with E-state index in [4.69, 9.17) is 4.74 Å². The summed E-state index contributed by atoms with van der Waals surface area (Å²) in [7, 11) is 0. The molecule has 3 heteroatoms. The highest BCUT2D eigenvalue weighted by Crippen LogP contribution is 2.44. The van der Waals surface area contributed by atoms with Crippen molar-refractivity contribution in [3.05, 3.63) is 0 Å². The van der Waals surface area contributed by atoms with Gasteiger partial charge in [-0.05, 0) is 24.2 Å². The second-order valence-corrected chi connectivity index (χ2v) is 3.83. The topological polar surface area (TPSA) is 9.23 Å². The van der Waals surface area contributed by atoms with Crippen LogP contribution in [0.3, 0.4) is 0 Å². The van der Waals surface area contributed by atoms with E-state index in [2.05, 4.69) is 13.8 Å². The number of alkyl halides is 2. The second-order valence-electron chi connectivity index (χ2n) is 3.83. The van der Waals surface area contributed by atoms with E-state index in [9.17, 15) is 8.78 Å². The van der Waals surface area contributed by atoms with Gasteiger partial charge in [0.2, 0.25) is 0 Å². The number of rotatable bonds is 5. The summed E-state index contributed by atoms with van der Waals surface area (Å²) in [5.74, 6) is 1.93. The largest absolute Gasteiger partial charge is 0.375 e. The van der Waals surface area contributed by atoms with Crippen molar-refractivity contribution < 1.29 is 13.5 Å². The molecule has 0 saturated heterocycles. The highest BCUT2D eigenvalue weighted by molar-refractivity contribution is 4.87. The molecule has 0 radical (unpaired) electrons. The maximum atomic E-state index is 11.6. The van der Waals surface area contributed by atoms with Gasteiger partial charge in [0.05, 0.1) is 0 Å². The molecule has 0 N–H and O–H groups in total. The Kier molecular flexibility index (Phi) is 3.44. The molecule has 0 amide bonds. The smallest absolute Gasteiger partial charge is 0.261 e. The maximum absolute atomic E-state index is 11.6. The Morgan fingerprint density at radius 3 is 2.50 bits per heavy atom. The molecule has 1 aliphatic rings. The van der Waals surface area contributed by atoms with Crippen molar-refractivity contribution in [1.82, 2.24) is 0 Å². The first-order chi connectivity index (χ1) is 5.61. The van der Waals surface area contributed by atoms with Crippen molar-refractivity contribution in [2.45, 2.75) is 26.7 Å². The zero-order valence-electron chi connectivity index (χ0n) is 7.59. The summed E-state index contributed by atoms with van der Waals surface area (Å²) < 4.78 is 28.1. The Hall–Kier alpha value is -0.180. The highest BCUT2D eigenvalue weighted by Gasteiger charge is 2.39.